The van der Waals surface area contributed by atoms with E-state index in [2.05, 4.69) is 5.32 Å². The summed E-state index contributed by atoms with van der Waals surface area (Å²) in [6.45, 7) is 6.17. The number of benzene rings is 1. The molecule has 1 aromatic carbocycles. The number of hydrogen-bond acceptors (Lipinski definition) is 7. The molecule has 2 rings (SSSR count). The number of rotatable bonds is 9. The number of amides is 1. The van der Waals surface area contributed by atoms with Gasteiger partial charge < -0.3 is 19.5 Å². The van der Waals surface area contributed by atoms with Crippen LogP contribution in [-0.2, 0) is 20.9 Å². The van der Waals surface area contributed by atoms with Crippen LogP contribution in [0.3, 0.4) is 0 Å². The van der Waals surface area contributed by atoms with Crippen molar-refractivity contribution in [2.24, 2.45) is 5.92 Å². The number of carbonyl (C=O) groups is 2. The van der Waals surface area contributed by atoms with Gasteiger partial charge in [-0.05, 0) is 36.6 Å². The average molecular weight is 449 g/mol. The molecule has 0 unspecified atom stereocenters. The molecular weight excluding hydrogens is 420 g/mol. The Labute approximate surface area is 184 Å². The van der Waals surface area contributed by atoms with E-state index in [1.807, 2.05) is 13.8 Å². The maximum Gasteiger partial charge on any atom is 0.333 e. The molecule has 2 aromatic rings. The fourth-order valence-electron chi connectivity index (χ4n) is 2.66. The molecule has 31 heavy (non-hydrogen) atoms. The number of esters is 1. The molecule has 0 saturated carbocycles. The van der Waals surface area contributed by atoms with Crippen molar-refractivity contribution in [2.75, 3.05) is 27.4 Å². The first kappa shape index (κ1) is 24.2. The lowest BCUT2D eigenvalue weighted by Gasteiger charge is -2.07. The Kier molecular flexibility index (Phi) is 8.87. The summed E-state index contributed by atoms with van der Waals surface area (Å²) in [6, 6.07) is 5.25. The van der Waals surface area contributed by atoms with Gasteiger partial charge in [-0.2, -0.15) is 0 Å². The molecule has 0 bridgehead atoms. The minimum Gasteiger partial charge on any atom is -0.497 e. The Bertz CT molecular complexity index is 1080. The van der Waals surface area contributed by atoms with E-state index in [-0.39, 0.29) is 30.5 Å². The summed E-state index contributed by atoms with van der Waals surface area (Å²) >= 11 is 1.11. The number of ether oxygens (including phenoxy) is 3. The maximum atomic E-state index is 13.0. The van der Waals surface area contributed by atoms with E-state index in [1.165, 1.54) is 10.6 Å². The average Bonchev–Trinajstić information content (AvgIpc) is 3.00. The van der Waals surface area contributed by atoms with Crippen molar-refractivity contribution in [3.05, 3.63) is 43.3 Å². The fourth-order valence-corrected chi connectivity index (χ4v) is 3.69. The summed E-state index contributed by atoms with van der Waals surface area (Å²) in [5.41, 5.74) is 0.315. The number of hydrogen-bond donors (Lipinski definition) is 1. The van der Waals surface area contributed by atoms with Crippen LogP contribution in [-0.4, -0.2) is 43.8 Å². The molecule has 0 saturated heterocycles. The van der Waals surface area contributed by atoms with Crippen LogP contribution in [0.5, 0.6) is 11.5 Å². The highest BCUT2D eigenvalue weighted by Crippen LogP contribution is 2.22. The van der Waals surface area contributed by atoms with Crippen molar-refractivity contribution in [2.45, 2.75) is 27.3 Å². The summed E-state index contributed by atoms with van der Waals surface area (Å²) < 4.78 is 17.5. The summed E-state index contributed by atoms with van der Waals surface area (Å²) in [4.78, 5) is 37.4. The van der Waals surface area contributed by atoms with Crippen LogP contribution in [0, 0.1) is 5.92 Å². The van der Waals surface area contributed by atoms with Crippen LogP contribution in [0.1, 0.15) is 26.3 Å². The maximum absolute atomic E-state index is 13.0. The fraction of sp³-hybridized carbons (Fsp3) is 0.409. The first-order valence-corrected chi connectivity index (χ1v) is 10.7. The largest absolute Gasteiger partial charge is 0.497 e. The molecule has 0 aliphatic carbocycles. The van der Waals surface area contributed by atoms with E-state index in [0.29, 0.717) is 32.8 Å². The van der Waals surface area contributed by atoms with Gasteiger partial charge in [0, 0.05) is 12.6 Å². The molecule has 0 fully saturated rings. The van der Waals surface area contributed by atoms with Crippen molar-refractivity contribution in [3.63, 3.8) is 0 Å². The second-order valence-electron chi connectivity index (χ2n) is 7.08. The van der Waals surface area contributed by atoms with Crippen molar-refractivity contribution in [3.8, 4) is 11.5 Å². The van der Waals surface area contributed by atoms with E-state index >= 15 is 0 Å². The highest BCUT2D eigenvalue weighted by molar-refractivity contribution is 7.07. The van der Waals surface area contributed by atoms with Crippen LogP contribution in [0.4, 0.5) is 0 Å². The standard InChI is InChI=1S/C22H28N2O6S/c1-6-30-21(26)11-20-24(13-19(25)23-12-14(2)3)22(27)18(31-20)9-15-7-16(28-4)10-17(8-15)29-5/h7-11,14H,6,12-13H2,1-5H3,(H,23,25)/b18-9+,20-11-. The third kappa shape index (κ3) is 6.99. The van der Waals surface area contributed by atoms with Crippen molar-refractivity contribution in [1.82, 2.24) is 9.88 Å². The molecule has 9 heteroatoms. The molecular formula is C22H28N2O6S. The van der Waals surface area contributed by atoms with Gasteiger partial charge in [0.1, 0.15) is 22.7 Å². The molecule has 1 aromatic heterocycles. The minimum absolute atomic E-state index is 0.192. The Morgan fingerprint density at radius 2 is 1.81 bits per heavy atom. The lowest BCUT2D eigenvalue weighted by atomic mass is 10.2. The van der Waals surface area contributed by atoms with Gasteiger partial charge in [0.05, 0.1) is 31.4 Å². The minimum atomic E-state index is -0.574. The molecule has 1 N–H and O–H groups in total. The number of nitrogens with zero attached hydrogens (tertiary/aromatic N) is 1. The third-order valence-electron chi connectivity index (χ3n) is 4.15. The molecule has 0 aliphatic heterocycles. The predicted molar refractivity (Wildman–Crippen MR) is 120 cm³/mol. The molecule has 1 amide bonds. The van der Waals surface area contributed by atoms with Gasteiger partial charge in [-0.3, -0.25) is 14.2 Å². The zero-order chi connectivity index (χ0) is 23.0. The van der Waals surface area contributed by atoms with Gasteiger partial charge in [0.15, 0.2) is 0 Å². The second-order valence-corrected chi connectivity index (χ2v) is 8.14. The van der Waals surface area contributed by atoms with Crippen LogP contribution < -0.4 is 29.5 Å². The molecule has 0 radical (unpaired) electrons. The van der Waals surface area contributed by atoms with Crippen LogP contribution in [0.15, 0.2) is 23.0 Å². The monoisotopic (exact) mass is 448 g/mol. The summed E-state index contributed by atoms with van der Waals surface area (Å²) in [7, 11) is 3.08. The number of carbonyl (C=O) groups excluding carboxylic acids is 2. The van der Waals surface area contributed by atoms with Crippen LogP contribution in [0.25, 0.3) is 12.2 Å². The highest BCUT2D eigenvalue weighted by Gasteiger charge is 2.12. The molecule has 8 nitrogen and oxygen atoms in total. The van der Waals surface area contributed by atoms with Gasteiger partial charge in [-0.25, -0.2) is 4.79 Å². The Balaban J connectivity index is 2.56. The molecule has 0 atom stereocenters. The second kappa shape index (κ2) is 11.4. The molecule has 1 heterocycles. The highest BCUT2D eigenvalue weighted by atomic mass is 32.1. The zero-order valence-electron chi connectivity index (χ0n) is 18.4. The molecule has 168 valence electrons. The topological polar surface area (TPSA) is 95.9 Å². The van der Waals surface area contributed by atoms with E-state index < -0.39 is 5.97 Å². The summed E-state index contributed by atoms with van der Waals surface area (Å²) in [5.74, 6) is 0.555. The lowest BCUT2D eigenvalue weighted by Crippen LogP contribution is -2.39. The van der Waals surface area contributed by atoms with E-state index in [9.17, 15) is 14.4 Å². The Morgan fingerprint density at radius 1 is 1.16 bits per heavy atom. The summed E-state index contributed by atoms with van der Waals surface area (Å²) in [6.07, 6.45) is 2.90. The number of nitrogens with one attached hydrogen (secondary N) is 1. The van der Waals surface area contributed by atoms with Gasteiger partial charge in [-0.1, -0.05) is 13.8 Å². The smallest absolute Gasteiger partial charge is 0.333 e. The van der Waals surface area contributed by atoms with Gasteiger partial charge >= 0.3 is 5.97 Å². The van der Waals surface area contributed by atoms with E-state index in [4.69, 9.17) is 14.2 Å². The zero-order valence-corrected chi connectivity index (χ0v) is 19.2. The number of thiazole rings is 1. The van der Waals surface area contributed by atoms with Gasteiger partial charge in [0.25, 0.3) is 5.56 Å². The Morgan fingerprint density at radius 3 is 2.35 bits per heavy atom. The SMILES string of the molecule is CCOC(=O)/C=c1\s/c(=C/c2cc(OC)cc(OC)c2)c(=O)n1CC(=O)NCC(C)C. The van der Waals surface area contributed by atoms with Crippen LogP contribution >= 0.6 is 11.3 Å². The first-order chi connectivity index (χ1) is 14.8. The van der Waals surface area contributed by atoms with Crippen molar-refractivity contribution in [1.29, 1.82) is 0 Å². The summed E-state index contributed by atoms with van der Waals surface area (Å²) in [5, 5.41) is 2.79. The van der Waals surface area contributed by atoms with E-state index in [1.54, 1.807) is 45.4 Å². The molecule has 0 aliphatic rings. The normalized spacial score (nSPS) is 12.2. The number of methoxy groups -OCH3 is 2. The van der Waals surface area contributed by atoms with Crippen molar-refractivity contribution < 1.29 is 23.8 Å². The van der Waals surface area contributed by atoms with E-state index in [0.717, 1.165) is 11.3 Å². The first-order valence-electron chi connectivity index (χ1n) is 9.87. The lowest BCUT2D eigenvalue weighted by molar-refractivity contribution is -0.135. The van der Waals surface area contributed by atoms with Crippen molar-refractivity contribution >= 4 is 35.4 Å². The predicted octanol–water partition coefficient (Wildman–Crippen LogP) is 0.872. The number of aromatic nitrogens is 1. The third-order valence-corrected chi connectivity index (χ3v) is 5.20. The van der Waals surface area contributed by atoms with Gasteiger partial charge in [-0.15, -0.1) is 11.3 Å². The molecule has 0 spiro atoms. The Hall–Kier alpha value is -3.07. The van der Waals surface area contributed by atoms with Gasteiger partial charge in [0.2, 0.25) is 5.91 Å². The quantitative estimate of drug-likeness (QED) is 0.572. The van der Waals surface area contributed by atoms with Crippen LogP contribution in [0.2, 0.25) is 0 Å².